The molecule has 0 aliphatic carbocycles. The summed E-state index contributed by atoms with van der Waals surface area (Å²) in [6.45, 7) is 0.726. The maximum absolute atomic E-state index is 13.9. The normalized spacial score (nSPS) is 18.4. The van der Waals surface area contributed by atoms with Gasteiger partial charge in [0.2, 0.25) is 15.9 Å². The molecule has 1 amide bonds. The zero-order valence-electron chi connectivity index (χ0n) is 14.7. The fourth-order valence-electron chi connectivity index (χ4n) is 3.05. The van der Waals surface area contributed by atoms with Gasteiger partial charge in [-0.1, -0.05) is 17.7 Å². The van der Waals surface area contributed by atoms with Crippen LogP contribution in [-0.2, 0) is 21.4 Å². The molecule has 1 unspecified atom stereocenters. The van der Waals surface area contributed by atoms with E-state index in [2.05, 4.69) is 10.4 Å². The average Bonchev–Trinajstić information content (AvgIpc) is 3.05. The molecule has 1 aromatic heterocycles. The Morgan fingerprint density at radius 2 is 2.19 bits per heavy atom. The third-order valence-electron chi connectivity index (χ3n) is 4.50. The monoisotopic (exact) mass is 414 g/mol. The number of halogens is 2. The van der Waals surface area contributed by atoms with Crippen molar-refractivity contribution >= 4 is 33.3 Å². The molecule has 10 heteroatoms. The van der Waals surface area contributed by atoms with E-state index in [9.17, 15) is 17.6 Å². The molecule has 0 bridgehead atoms. The first-order chi connectivity index (χ1) is 12.7. The maximum Gasteiger partial charge on any atom is 0.230 e. The largest absolute Gasteiger partial charge is 0.309 e. The molecule has 0 spiro atoms. The first kappa shape index (κ1) is 19.8. The van der Waals surface area contributed by atoms with E-state index in [1.807, 2.05) is 0 Å². The average molecular weight is 415 g/mol. The van der Waals surface area contributed by atoms with Gasteiger partial charge in [-0.05, 0) is 25.0 Å². The van der Waals surface area contributed by atoms with Crippen LogP contribution in [0.4, 0.5) is 10.2 Å². The number of nitrogens with zero attached hydrogens (tertiary/aromatic N) is 3. The van der Waals surface area contributed by atoms with Crippen molar-refractivity contribution in [2.45, 2.75) is 19.4 Å². The number of hydrogen-bond acceptors (Lipinski definition) is 4. The number of sulfonamides is 1. The Balaban J connectivity index is 1.64. The fraction of sp³-hybridized carbons (Fsp3) is 0.412. The highest BCUT2D eigenvalue weighted by Gasteiger charge is 2.30. The molecular weight excluding hydrogens is 395 g/mol. The summed E-state index contributed by atoms with van der Waals surface area (Å²) >= 11 is 6.02. The van der Waals surface area contributed by atoms with Crippen molar-refractivity contribution in [2.24, 2.45) is 5.92 Å². The summed E-state index contributed by atoms with van der Waals surface area (Å²) in [5.74, 6) is -0.812. The highest BCUT2D eigenvalue weighted by Crippen LogP contribution is 2.22. The summed E-state index contributed by atoms with van der Waals surface area (Å²) in [6.07, 6.45) is 4.00. The van der Waals surface area contributed by atoms with Gasteiger partial charge in [0.25, 0.3) is 0 Å². The standard InChI is InChI=1S/C17H20ClFN4O3S/c1-27(25,26)23-8-3-4-12(10-23)17(24)20-16-7-9-22(21-16)11-13-14(18)5-2-6-15(13)19/h2,5-7,9,12H,3-4,8,10-11H2,1H3,(H,20,21,24). The second kappa shape index (κ2) is 7.95. The molecule has 7 nitrogen and oxygen atoms in total. The number of benzene rings is 1. The third-order valence-corrected chi connectivity index (χ3v) is 6.12. The molecule has 1 fully saturated rings. The molecule has 2 aromatic rings. The van der Waals surface area contributed by atoms with Crippen LogP contribution >= 0.6 is 11.6 Å². The lowest BCUT2D eigenvalue weighted by Gasteiger charge is -2.29. The zero-order chi connectivity index (χ0) is 19.6. The van der Waals surface area contributed by atoms with Gasteiger partial charge >= 0.3 is 0 Å². The van der Waals surface area contributed by atoms with E-state index in [-0.39, 0.29) is 19.0 Å². The van der Waals surface area contributed by atoms with Gasteiger partial charge in [-0.2, -0.15) is 5.10 Å². The van der Waals surface area contributed by atoms with Gasteiger partial charge in [-0.15, -0.1) is 0 Å². The Morgan fingerprint density at radius 1 is 1.41 bits per heavy atom. The Kier molecular flexibility index (Phi) is 5.83. The maximum atomic E-state index is 13.9. The molecule has 0 radical (unpaired) electrons. The first-order valence-corrected chi connectivity index (χ1v) is 10.7. The van der Waals surface area contributed by atoms with E-state index in [0.29, 0.717) is 35.8 Å². The zero-order valence-corrected chi connectivity index (χ0v) is 16.3. The first-order valence-electron chi connectivity index (χ1n) is 8.46. The smallest absolute Gasteiger partial charge is 0.230 e. The number of carbonyl (C=O) groups excluding carboxylic acids is 1. The highest BCUT2D eigenvalue weighted by molar-refractivity contribution is 7.88. The number of aromatic nitrogens is 2. The van der Waals surface area contributed by atoms with Crippen molar-refractivity contribution in [1.82, 2.24) is 14.1 Å². The van der Waals surface area contributed by atoms with Crippen LogP contribution in [0.1, 0.15) is 18.4 Å². The third kappa shape index (κ3) is 4.85. The van der Waals surface area contributed by atoms with Gasteiger partial charge in [-0.3, -0.25) is 9.48 Å². The predicted molar refractivity (Wildman–Crippen MR) is 101 cm³/mol. The quantitative estimate of drug-likeness (QED) is 0.813. The lowest BCUT2D eigenvalue weighted by Crippen LogP contribution is -2.43. The van der Waals surface area contributed by atoms with Crippen LogP contribution in [0.2, 0.25) is 5.02 Å². The molecule has 1 aliphatic heterocycles. The van der Waals surface area contributed by atoms with Crippen molar-refractivity contribution in [3.05, 3.63) is 46.9 Å². The minimum Gasteiger partial charge on any atom is -0.309 e. The molecule has 1 atom stereocenters. The molecule has 1 aromatic carbocycles. The molecular formula is C17H20ClFN4O3S. The molecule has 3 rings (SSSR count). The summed E-state index contributed by atoms with van der Waals surface area (Å²) in [5.41, 5.74) is 0.316. The molecule has 27 heavy (non-hydrogen) atoms. The topological polar surface area (TPSA) is 84.3 Å². The summed E-state index contributed by atoms with van der Waals surface area (Å²) < 4.78 is 40.0. The molecule has 1 aliphatic rings. The Bertz CT molecular complexity index is 927. The van der Waals surface area contributed by atoms with Crippen LogP contribution < -0.4 is 5.32 Å². The summed E-state index contributed by atoms with van der Waals surface area (Å²) in [6, 6.07) is 6.05. The van der Waals surface area contributed by atoms with Crippen LogP contribution in [0.15, 0.2) is 30.5 Å². The Labute approximate surface area is 162 Å². The van der Waals surface area contributed by atoms with Crippen molar-refractivity contribution in [3.63, 3.8) is 0 Å². The van der Waals surface area contributed by atoms with Crippen LogP contribution in [0.25, 0.3) is 0 Å². The van der Waals surface area contributed by atoms with Crippen LogP contribution in [-0.4, -0.2) is 47.8 Å². The molecule has 146 valence electrons. The number of nitrogens with one attached hydrogen (secondary N) is 1. The summed E-state index contributed by atoms with van der Waals surface area (Å²) in [4.78, 5) is 12.5. The van der Waals surface area contributed by atoms with E-state index in [0.717, 1.165) is 6.26 Å². The van der Waals surface area contributed by atoms with Gasteiger partial charge in [0.05, 0.1) is 18.7 Å². The van der Waals surface area contributed by atoms with Crippen molar-refractivity contribution in [2.75, 3.05) is 24.7 Å². The van der Waals surface area contributed by atoms with E-state index in [1.165, 1.54) is 21.1 Å². The van der Waals surface area contributed by atoms with Crippen LogP contribution in [0, 0.1) is 11.7 Å². The van der Waals surface area contributed by atoms with Gasteiger partial charge in [0, 0.05) is 35.9 Å². The number of rotatable bonds is 5. The summed E-state index contributed by atoms with van der Waals surface area (Å²) in [7, 11) is -3.32. The number of hydrogen-bond donors (Lipinski definition) is 1. The predicted octanol–water partition coefficient (Wildman–Crippen LogP) is 2.33. The number of piperidine rings is 1. The summed E-state index contributed by atoms with van der Waals surface area (Å²) in [5, 5.41) is 7.22. The van der Waals surface area contributed by atoms with Gasteiger partial charge in [0.15, 0.2) is 5.82 Å². The molecule has 0 saturated carbocycles. The van der Waals surface area contributed by atoms with Crippen molar-refractivity contribution < 1.29 is 17.6 Å². The fourth-order valence-corrected chi connectivity index (χ4v) is 4.18. The Hall–Kier alpha value is -1.97. The van der Waals surface area contributed by atoms with Crippen LogP contribution in [0.5, 0.6) is 0 Å². The lowest BCUT2D eigenvalue weighted by molar-refractivity contribution is -0.120. The highest BCUT2D eigenvalue weighted by atomic mass is 35.5. The van der Waals surface area contributed by atoms with Gasteiger partial charge < -0.3 is 5.32 Å². The van der Waals surface area contributed by atoms with Crippen molar-refractivity contribution in [1.29, 1.82) is 0 Å². The number of carbonyl (C=O) groups is 1. The van der Waals surface area contributed by atoms with Crippen molar-refractivity contribution in [3.8, 4) is 0 Å². The number of anilines is 1. The van der Waals surface area contributed by atoms with Gasteiger partial charge in [-0.25, -0.2) is 17.1 Å². The minimum atomic E-state index is -3.32. The van der Waals surface area contributed by atoms with E-state index in [1.54, 1.807) is 18.3 Å². The molecule has 1 saturated heterocycles. The minimum absolute atomic E-state index is 0.132. The van der Waals surface area contributed by atoms with E-state index in [4.69, 9.17) is 11.6 Å². The van der Waals surface area contributed by atoms with E-state index >= 15 is 0 Å². The second-order valence-corrected chi connectivity index (χ2v) is 8.94. The van der Waals surface area contributed by atoms with E-state index < -0.39 is 21.8 Å². The number of amides is 1. The SMILES string of the molecule is CS(=O)(=O)N1CCCC(C(=O)Nc2ccn(Cc3c(F)cccc3Cl)n2)C1. The van der Waals surface area contributed by atoms with Crippen LogP contribution in [0.3, 0.4) is 0 Å². The lowest BCUT2D eigenvalue weighted by atomic mass is 9.99. The molecule has 2 heterocycles. The second-order valence-electron chi connectivity index (χ2n) is 6.55. The Morgan fingerprint density at radius 3 is 2.89 bits per heavy atom. The molecule has 1 N–H and O–H groups in total. The van der Waals surface area contributed by atoms with Gasteiger partial charge in [0.1, 0.15) is 5.82 Å².